The maximum atomic E-state index is 12.3. The van der Waals surface area contributed by atoms with Crippen LogP contribution in [0.15, 0.2) is 35.2 Å². The number of thiazole rings is 1. The lowest BCUT2D eigenvalue weighted by Crippen LogP contribution is -2.25. The molecular formula is C10H10N6O2S2. The maximum Gasteiger partial charge on any atom is 0.260 e. The van der Waals surface area contributed by atoms with E-state index in [-0.39, 0.29) is 17.4 Å². The second-order valence-electron chi connectivity index (χ2n) is 3.88. The molecule has 0 fully saturated rings. The number of nitrogens with one attached hydrogen (secondary N) is 1. The Morgan fingerprint density at radius 2 is 2.30 bits per heavy atom. The number of aromatic nitrogens is 4. The van der Waals surface area contributed by atoms with Gasteiger partial charge in [0.2, 0.25) is 0 Å². The van der Waals surface area contributed by atoms with Crippen LogP contribution in [0.25, 0.3) is 4.96 Å². The zero-order valence-corrected chi connectivity index (χ0v) is 11.7. The minimum absolute atomic E-state index is 0.0213. The molecule has 10 heteroatoms. The van der Waals surface area contributed by atoms with Crippen molar-refractivity contribution in [2.24, 2.45) is 0 Å². The van der Waals surface area contributed by atoms with E-state index in [0.29, 0.717) is 10.7 Å². The normalized spacial score (nSPS) is 12.0. The second kappa shape index (κ2) is 4.81. The summed E-state index contributed by atoms with van der Waals surface area (Å²) in [7, 11) is -3.77. The molecule has 0 amide bonds. The molecule has 0 bridgehead atoms. The molecule has 3 aromatic rings. The highest BCUT2D eigenvalue weighted by Crippen LogP contribution is 2.23. The van der Waals surface area contributed by atoms with Gasteiger partial charge in [-0.15, -0.1) is 11.3 Å². The van der Waals surface area contributed by atoms with Gasteiger partial charge >= 0.3 is 0 Å². The monoisotopic (exact) mass is 310 g/mol. The largest absolute Gasteiger partial charge is 0.381 e. The van der Waals surface area contributed by atoms with Crippen molar-refractivity contribution in [2.75, 3.05) is 5.73 Å². The molecule has 3 aromatic heterocycles. The van der Waals surface area contributed by atoms with Gasteiger partial charge in [0.05, 0.1) is 12.2 Å². The molecule has 0 aliphatic carbocycles. The number of nitrogen functional groups attached to an aromatic ring is 1. The van der Waals surface area contributed by atoms with Crippen LogP contribution in [0, 0.1) is 0 Å². The summed E-state index contributed by atoms with van der Waals surface area (Å²) in [4.78, 5) is 12.3. The van der Waals surface area contributed by atoms with E-state index in [1.807, 2.05) is 0 Å². The number of hydrogen-bond donors (Lipinski definition) is 2. The molecule has 3 heterocycles. The Hall–Kier alpha value is -2.04. The SMILES string of the molecule is Nc1nc2sccn2c1S(=O)(=O)NCc1ccncn1. The first-order valence-electron chi connectivity index (χ1n) is 5.53. The van der Waals surface area contributed by atoms with Crippen LogP contribution in [0.3, 0.4) is 0 Å². The predicted octanol–water partition coefficient (Wildman–Crippen LogP) is 0.246. The molecule has 0 unspecified atom stereocenters. The molecular weight excluding hydrogens is 300 g/mol. The van der Waals surface area contributed by atoms with E-state index in [1.165, 1.54) is 22.1 Å². The van der Waals surface area contributed by atoms with Crippen molar-refractivity contribution in [3.8, 4) is 0 Å². The summed E-state index contributed by atoms with van der Waals surface area (Å²) < 4.78 is 28.5. The van der Waals surface area contributed by atoms with Crippen LogP contribution in [-0.4, -0.2) is 27.8 Å². The molecule has 0 aromatic carbocycles. The number of rotatable bonds is 4. The summed E-state index contributed by atoms with van der Waals surface area (Å²) in [5.74, 6) is -0.0213. The van der Waals surface area contributed by atoms with Gasteiger partial charge in [-0.25, -0.2) is 28.1 Å². The fourth-order valence-electron chi connectivity index (χ4n) is 1.71. The van der Waals surface area contributed by atoms with Crippen molar-refractivity contribution in [2.45, 2.75) is 11.6 Å². The van der Waals surface area contributed by atoms with Gasteiger partial charge < -0.3 is 5.73 Å². The molecule has 0 spiro atoms. The van der Waals surface area contributed by atoms with Gasteiger partial charge in [0, 0.05) is 17.8 Å². The highest BCUT2D eigenvalue weighted by atomic mass is 32.2. The molecule has 0 aliphatic heterocycles. The Labute approximate surface area is 118 Å². The summed E-state index contributed by atoms with van der Waals surface area (Å²) in [5, 5.41) is 1.69. The number of nitrogens with zero attached hydrogens (tertiary/aromatic N) is 4. The topological polar surface area (TPSA) is 115 Å². The van der Waals surface area contributed by atoms with Crippen LogP contribution in [0.1, 0.15) is 5.69 Å². The molecule has 0 radical (unpaired) electrons. The Bertz CT molecular complexity index is 839. The van der Waals surface area contributed by atoms with E-state index in [9.17, 15) is 8.42 Å². The van der Waals surface area contributed by atoms with E-state index in [0.717, 1.165) is 0 Å². The first kappa shape index (κ1) is 13.0. The van der Waals surface area contributed by atoms with Gasteiger partial charge in [0.25, 0.3) is 10.0 Å². The first-order chi connectivity index (χ1) is 9.58. The molecule has 0 saturated heterocycles. The maximum absolute atomic E-state index is 12.3. The molecule has 0 saturated carbocycles. The van der Waals surface area contributed by atoms with Crippen LogP contribution >= 0.6 is 11.3 Å². The van der Waals surface area contributed by atoms with Crippen LogP contribution < -0.4 is 10.5 Å². The van der Waals surface area contributed by atoms with E-state index >= 15 is 0 Å². The molecule has 3 rings (SSSR count). The lowest BCUT2D eigenvalue weighted by atomic mass is 10.4. The van der Waals surface area contributed by atoms with Crippen LogP contribution in [0.4, 0.5) is 5.82 Å². The number of sulfonamides is 1. The summed E-state index contributed by atoms with van der Waals surface area (Å²) in [5.41, 5.74) is 6.25. The number of nitrogens with two attached hydrogens (primary N) is 1. The summed E-state index contributed by atoms with van der Waals surface area (Å²) >= 11 is 1.31. The fourth-order valence-corrected chi connectivity index (χ4v) is 3.69. The summed E-state index contributed by atoms with van der Waals surface area (Å²) in [6.07, 6.45) is 4.51. The van der Waals surface area contributed by atoms with Crippen molar-refractivity contribution in [3.05, 3.63) is 35.9 Å². The van der Waals surface area contributed by atoms with Gasteiger partial charge in [-0.1, -0.05) is 0 Å². The van der Waals surface area contributed by atoms with Crippen LogP contribution in [0.2, 0.25) is 0 Å². The van der Waals surface area contributed by atoms with Gasteiger partial charge in [-0.05, 0) is 6.07 Å². The predicted molar refractivity (Wildman–Crippen MR) is 73.5 cm³/mol. The number of fused-ring (bicyclic) bond motifs is 1. The Morgan fingerprint density at radius 1 is 1.45 bits per heavy atom. The average molecular weight is 310 g/mol. The quantitative estimate of drug-likeness (QED) is 0.713. The fraction of sp³-hybridized carbons (Fsp3) is 0.100. The lowest BCUT2D eigenvalue weighted by Gasteiger charge is -2.05. The molecule has 0 atom stereocenters. The van der Waals surface area contributed by atoms with Crippen LogP contribution in [-0.2, 0) is 16.6 Å². The average Bonchev–Trinajstić information content (AvgIpc) is 2.97. The number of anilines is 1. The third-order valence-electron chi connectivity index (χ3n) is 2.58. The minimum Gasteiger partial charge on any atom is -0.381 e. The van der Waals surface area contributed by atoms with Crippen molar-refractivity contribution >= 4 is 32.1 Å². The summed E-state index contributed by atoms with van der Waals surface area (Å²) in [6, 6.07) is 1.63. The van der Waals surface area contributed by atoms with E-state index < -0.39 is 10.0 Å². The standard InChI is InChI=1S/C10H10N6O2S2/c11-8-9(16-3-4-19-10(16)15-8)20(17,18)14-5-7-1-2-12-6-13-7/h1-4,6,14H,5,11H2. The Balaban J connectivity index is 1.92. The second-order valence-corrected chi connectivity index (χ2v) is 6.44. The minimum atomic E-state index is -3.77. The first-order valence-corrected chi connectivity index (χ1v) is 7.90. The Morgan fingerprint density at radius 3 is 3.05 bits per heavy atom. The third kappa shape index (κ3) is 2.24. The number of hydrogen-bond acceptors (Lipinski definition) is 7. The van der Waals surface area contributed by atoms with E-state index in [4.69, 9.17) is 5.73 Å². The Kier molecular flexibility index (Phi) is 3.12. The molecule has 0 aliphatic rings. The highest BCUT2D eigenvalue weighted by molar-refractivity contribution is 7.89. The van der Waals surface area contributed by atoms with Gasteiger partial charge in [-0.3, -0.25) is 4.40 Å². The van der Waals surface area contributed by atoms with Crippen molar-refractivity contribution in [1.29, 1.82) is 0 Å². The zero-order chi connectivity index (χ0) is 14.2. The van der Waals surface area contributed by atoms with Crippen molar-refractivity contribution in [3.63, 3.8) is 0 Å². The third-order valence-corrected chi connectivity index (χ3v) is 4.78. The van der Waals surface area contributed by atoms with Gasteiger partial charge in [0.1, 0.15) is 6.33 Å². The molecule has 8 nitrogen and oxygen atoms in total. The number of imidazole rings is 1. The molecule has 104 valence electrons. The van der Waals surface area contributed by atoms with Crippen molar-refractivity contribution < 1.29 is 8.42 Å². The molecule has 3 N–H and O–H groups in total. The summed E-state index contributed by atoms with van der Waals surface area (Å²) in [6.45, 7) is 0.0572. The van der Waals surface area contributed by atoms with Crippen molar-refractivity contribution in [1.82, 2.24) is 24.1 Å². The molecule has 20 heavy (non-hydrogen) atoms. The zero-order valence-electron chi connectivity index (χ0n) is 10.1. The van der Waals surface area contributed by atoms with Gasteiger partial charge in [-0.2, -0.15) is 0 Å². The van der Waals surface area contributed by atoms with E-state index in [2.05, 4.69) is 19.7 Å². The van der Waals surface area contributed by atoms with E-state index in [1.54, 1.807) is 23.8 Å². The highest BCUT2D eigenvalue weighted by Gasteiger charge is 2.24. The van der Waals surface area contributed by atoms with Gasteiger partial charge in [0.15, 0.2) is 15.8 Å². The lowest BCUT2D eigenvalue weighted by molar-refractivity contribution is 0.576. The van der Waals surface area contributed by atoms with Crippen LogP contribution in [0.5, 0.6) is 0 Å². The smallest absolute Gasteiger partial charge is 0.260 e.